The highest BCUT2D eigenvalue weighted by molar-refractivity contribution is 5.94. The van der Waals surface area contributed by atoms with Crippen LogP contribution in [0.5, 0.6) is 0 Å². The number of carbonyl (C=O) groups is 1. The van der Waals surface area contributed by atoms with E-state index in [-0.39, 0.29) is 22.6 Å². The molecule has 3 rings (SSSR count). The minimum atomic E-state index is -0.384. The zero-order valence-electron chi connectivity index (χ0n) is 12.9. The first-order valence-electron chi connectivity index (χ1n) is 7.67. The van der Waals surface area contributed by atoms with Crippen molar-refractivity contribution >= 4 is 11.6 Å². The molecule has 1 aliphatic carbocycles. The summed E-state index contributed by atoms with van der Waals surface area (Å²) in [5.41, 5.74) is 2.71. The highest BCUT2D eigenvalue weighted by Crippen LogP contribution is 2.36. The van der Waals surface area contributed by atoms with E-state index in [9.17, 15) is 14.9 Å². The van der Waals surface area contributed by atoms with E-state index >= 15 is 0 Å². The van der Waals surface area contributed by atoms with Crippen molar-refractivity contribution in [1.82, 2.24) is 4.90 Å². The summed E-state index contributed by atoms with van der Waals surface area (Å²) in [7, 11) is 1.77. The molecule has 1 amide bonds. The number of nitro groups is 1. The SMILES string of the molecule is CN(C(=O)c1ccccc1)C1CCCc2ccc([N+](=O)[O-])cc21. The van der Waals surface area contributed by atoms with Crippen LogP contribution >= 0.6 is 0 Å². The molecular weight excluding hydrogens is 292 g/mol. The smallest absolute Gasteiger partial charge is 0.269 e. The summed E-state index contributed by atoms with van der Waals surface area (Å²) in [5.74, 6) is -0.0602. The average molecular weight is 310 g/mol. The number of nitrogens with zero attached hydrogens (tertiary/aromatic N) is 2. The fourth-order valence-electron chi connectivity index (χ4n) is 3.20. The van der Waals surface area contributed by atoms with Crippen molar-refractivity contribution in [2.24, 2.45) is 0 Å². The Morgan fingerprint density at radius 3 is 2.65 bits per heavy atom. The largest absolute Gasteiger partial charge is 0.335 e. The second kappa shape index (κ2) is 6.20. The Hall–Kier alpha value is -2.69. The summed E-state index contributed by atoms with van der Waals surface area (Å²) < 4.78 is 0. The van der Waals surface area contributed by atoms with Crippen molar-refractivity contribution in [1.29, 1.82) is 0 Å². The minimum Gasteiger partial charge on any atom is -0.335 e. The van der Waals surface area contributed by atoms with Crippen molar-refractivity contribution in [3.05, 3.63) is 75.3 Å². The summed E-state index contributed by atoms with van der Waals surface area (Å²) in [5, 5.41) is 11.0. The normalized spacial score (nSPS) is 16.5. The fourth-order valence-corrected chi connectivity index (χ4v) is 3.20. The standard InChI is InChI=1S/C18H18N2O3/c1-19(18(21)14-6-3-2-4-7-14)17-9-5-8-13-10-11-15(20(22)23)12-16(13)17/h2-4,6-7,10-12,17H,5,8-9H2,1H3. The van der Waals surface area contributed by atoms with Gasteiger partial charge in [0.25, 0.3) is 11.6 Å². The average Bonchev–Trinajstić information content (AvgIpc) is 2.60. The first kappa shape index (κ1) is 15.2. The van der Waals surface area contributed by atoms with Crippen LogP contribution in [0.2, 0.25) is 0 Å². The van der Waals surface area contributed by atoms with Gasteiger partial charge in [-0.15, -0.1) is 0 Å². The molecular formula is C18H18N2O3. The van der Waals surface area contributed by atoms with Crippen LogP contribution in [0, 0.1) is 10.1 Å². The number of non-ortho nitro benzene ring substituents is 1. The van der Waals surface area contributed by atoms with Gasteiger partial charge < -0.3 is 4.90 Å². The summed E-state index contributed by atoms with van der Waals surface area (Å²) in [6.07, 6.45) is 2.70. The first-order valence-corrected chi connectivity index (χ1v) is 7.67. The van der Waals surface area contributed by atoms with Gasteiger partial charge in [0.15, 0.2) is 0 Å². The van der Waals surface area contributed by atoms with Crippen molar-refractivity contribution in [3.63, 3.8) is 0 Å². The lowest BCUT2D eigenvalue weighted by molar-refractivity contribution is -0.385. The van der Waals surface area contributed by atoms with Crippen molar-refractivity contribution < 1.29 is 9.72 Å². The monoisotopic (exact) mass is 310 g/mol. The summed E-state index contributed by atoms with van der Waals surface area (Å²) in [6, 6.07) is 14.0. The van der Waals surface area contributed by atoms with Gasteiger partial charge in [0, 0.05) is 24.7 Å². The van der Waals surface area contributed by atoms with E-state index in [0.29, 0.717) is 5.56 Å². The van der Waals surface area contributed by atoms with E-state index in [0.717, 1.165) is 30.4 Å². The van der Waals surface area contributed by atoms with Crippen LogP contribution in [-0.4, -0.2) is 22.8 Å². The van der Waals surface area contributed by atoms with Gasteiger partial charge >= 0.3 is 0 Å². The predicted octanol–water partition coefficient (Wildman–Crippen LogP) is 3.74. The number of benzene rings is 2. The Morgan fingerprint density at radius 1 is 1.22 bits per heavy atom. The topological polar surface area (TPSA) is 63.5 Å². The van der Waals surface area contributed by atoms with E-state index in [1.807, 2.05) is 24.3 Å². The molecule has 0 fully saturated rings. The molecule has 118 valence electrons. The molecule has 2 aromatic rings. The Kier molecular flexibility index (Phi) is 4.10. The Bertz CT molecular complexity index is 743. The molecule has 0 bridgehead atoms. The Balaban J connectivity index is 1.94. The van der Waals surface area contributed by atoms with E-state index in [1.165, 1.54) is 0 Å². The van der Waals surface area contributed by atoms with Gasteiger partial charge in [-0.3, -0.25) is 14.9 Å². The minimum absolute atomic E-state index is 0.0602. The molecule has 0 spiro atoms. The molecule has 5 heteroatoms. The third kappa shape index (κ3) is 2.95. The Morgan fingerprint density at radius 2 is 1.96 bits per heavy atom. The number of carbonyl (C=O) groups excluding carboxylic acids is 1. The highest BCUT2D eigenvalue weighted by Gasteiger charge is 2.28. The van der Waals surface area contributed by atoms with Gasteiger partial charge in [0.2, 0.25) is 0 Å². The number of hydrogen-bond donors (Lipinski definition) is 0. The summed E-state index contributed by atoms with van der Waals surface area (Å²) >= 11 is 0. The lowest BCUT2D eigenvalue weighted by Gasteiger charge is -2.33. The van der Waals surface area contributed by atoms with E-state index < -0.39 is 0 Å². The summed E-state index contributed by atoms with van der Waals surface area (Å²) in [6.45, 7) is 0. The third-order valence-electron chi connectivity index (χ3n) is 4.43. The van der Waals surface area contributed by atoms with E-state index in [1.54, 1.807) is 36.2 Å². The van der Waals surface area contributed by atoms with Gasteiger partial charge in [-0.1, -0.05) is 24.3 Å². The van der Waals surface area contributed by atoms with Crippen LogP contribution < -0.4 is 0 Å². The molecule has 2 aromatic carbocycles. The number of hydrogen-bond acceptors (Lipinski definition) is 3. The van der Waals surface area contributed by atoms with E-state index in [4.69, 9.17) is 0 Å². The number of rotatable bonds is 3. The Labute approximate surface area is 134 Å². The number of fused-ring (bicyclic) bond motifs is 1. The fraction of sp³-hybridized carbons (Fsp3) is 0.278. The van der Waals surface area contributed by atoms with E-state index in [2.05, 4.69) is 0 Å². The maximum absolute atomic E-state index is 12.7. The van der Waals surface area contributed by atoms with Crippen molar-refractivity contribution in [2.45, 2.75) is 25.3 Å². The van der Waals surface area contributed by atoms with Crippen molar-refractivity contribution in [2.75, 3.05) is 7.05 Å². The molecule has 0 saturated carbocycles. The second-order valence-electron chi connectivity index (χ2n) is 5.83. The molecule has 1 unspecified atom stereocenters. The number of amides is 1. The molecule has 1 aliphatic rings. The lowest BCUT2D eigenvalue weighted by atomic mass is 9.86. The van der Waals surface area contributed by atoms with Gasteiger partial charge in [-0.25, -0.2) is 0 Å². The van der Waals surface area contributed by atoms with Crippen LogP contribution in [0.4, 0.5) is 5.69 Å². The maximum Gasteiger partial charge on any atom is 0.269 e. The zero-order valence-corrected chi connectivity index (χ0v) is 12.9. The van der Waals surface area contributed by atoms with Gasteiger partial charge in [-0.05, 0) is 42.5 Å². The zero-order chi connectivity index (χ0) is 16.4. The molecule has 1 atom stereocenters. The van der Waals surface area contributed by atoms with Crippen LogP contribution in [0.1, 0.15) is 40.4 Å². The van der Waals surface area contributed by atoms with Crippen LogP contribution in [0.25, 0.3) is 0 Å². The predicted molar refractivity (Wildman–Crippen MR) is 87.3 cm³/mol. The molecule has 0 aliphatic heterocycles. The number of nitro benzene ring substituents is 1. The van der Waals surface area contributed by atoms with Gasteiger partial charge in [0.05, 0.1) is 11.0 Å². The van der Waals surface area contributed by atoms with Crippen molar-refractivity contribution in [3.8, 4) is 0 Å². The molecule has 0 aromatic heterocycles. The first-order chi connectivity index (χ1) is 11.1. The quantitative estimate of drug-likeness (QED) is 0.640. The number of aryl methyl sites for hydroxylation is 1. The maximum atomic E-state index is 12.7. The molecule has 0 saturated heterocycles. The van der Waals surface area contributed by atoms with Gasteiger partial charge in [0.1, 0.15) is 0 Å². The lowest BCUT2D eigenvalue weighted by Crippen LogP contribution is -2.33. The third-order valence-corrected chi connectivity index (χ3v) is 4.43. The van der Waals surface area contributed by atoms with Crippen LogP contribution in [-0.2, 0) is 6.42 Å². The molecule has 0 heterocycles. The second-order valence-corrected chi connectivity index (χ2v) is 5.83. The molecule has 5 nitrogen and oxygen atoms in total. The molecule has 0 radical (unpaired) electrons. The van der Waals surface area contributed by atoms with Crippen LogP contribution in [0.15, 0.2) is 48.5 Å². The molecule has 23 heavy (non-hydrogen) atoms. The molecule has 0 N–H and O–H groups in total. The summed E-state index contributed by atoms with van der Waals surface area (Å²) in [4.78, 5) is 25.0. The van der Waals surface area contributed by atoms with Gasteiger partial charge in [-0.2, -0.15) is 0 Å². The highest BCUT2D eigenvalue weighted by atomic mass is 16.6. The van der Waals surface area contributed by atoms with Crippen LogP contribution in [0.3, 0.4) is 0 Å².